The smallest absolute Gasteiger partial charge is 0.326 e. The first-order chi connectivity index (χ1) is 16.7. The number of carbonyl (C=O) groups excluding carboxylic acids is 1. The van der Waals surface area contributed by atoms with Gasteiger partial charge in [-0.05, 0) is 61.9 Å². The van der Waals surface area contributed by atoms with Crippen LogP contribution in [0.25, 0.3) is 0 Å². The highest BCUT2D eigenvalue weighted by Crippen LogP contribution is 2.22. The van der Waals surface area contributed by atoms with Crippen molar-refractivity contribution in [1.29, 1.82) is 0 Å². The van der Waals surface area contributed by atoms with Gasteiger partial charge in [-0.1, -0.05) is 17.7 Å². The van der Waals surface area contributed by atoms with E-state index in [2.05, 4.69) is 10.0 Å². The summed E-state index contributed by atoms with van der Waals surface area (Å²) in [4.78, 5) is 25.0. The summed E-state index contributed by atoms with van der Waals surface area (Å²) in [5, 5.41) is 13.6. The van der Waals surface area contributed by atoms with Crippen molar-refractivity contribution >= 4 is 33.1 Å². The molecule has 0 aliphatic heterocycles. The Bertz CT molecular complexity index is 1260. The standard InChI is InChI=1S/C24H26N4O6S/c1-18-4-14-23(15-5-18)35(32,33)25-16-3-17-27(20-10-12-22(34-2)13-11-20)24(29)26-19-6-8-21(9-7-19)28(30)31/h4-15,25H,3,16-17H2,1-2H3,(H,26,29). The lowest BCUT2D eigenvalue weighted by molar-refractivity contribution is -0.384. The Morgan fingerprint density at radius 2 is 1.63 bits per heavy atom. The molecule has 0 radical (unpaired) electrons. The predicted molar refractivity (Wildman–Crippen MR) is 133 cm³/mol. The molecule has 0 fully saturated rings. The quantitative estimate of drug-likeness (QED) is 0.243. The summed E-state index contributed by atoms with van der Waals surface area (Å²) in [5.74, 6) is 0.621. The molecular formula is C24H26N4O6S. The number of nitrogens with one attached hydrogen (secondary N) is 2. The van der Waals surface area contributed by atoms with Crippen LogP contribution in [-0.4, -0.2) is 39.6 Å². The van der Waals surface area contributed by atoms with Crippen LogP contribution in [0, 0.1) is 17.0 Å². The number of non-ortho nitro benzene ring substituents is 1. The van der Waals surface area contributed by atoms with Gasteiger partial charge in [0.15, 0.2) is 0 Å². The van der Waals surface area contributed by atoms with Gasteiger partial charge in [-0.3, -0.25) is 15.0 Å². The van der Waals surface area contributed by atoms with E-state index in [9.17, 15) is 23.3 Å². The number of nitro groups is 1. The van der Waals surface area contributed by atoms with Crippen molar-refractivity contribution in [1.82, 2.24) is 4.72 Å². The Morgan fingerprint density at radius 1 is 1.00 bits per heavy atom. The monoisotopic (exact) mass is 498 g/mol. The molecular weight excluding hydrogens is 472 g/mol. The van der Waals surface area contributed by atoms with E-state index in [1.54, 1.807) is 48.5 Å². The molecule has 2 amide bonds. The second-order valence-corrected chi connectivity index (χ2v) is 9.42. The summed E-state index contributed by atoms with van der Waals surface area (Å²) in [6, 6.07) is 18.4. The summed E-state index contributed by atoms with van der Waals surface area (Å²) in [6.07, 6.45) is 0.338. The maximum absolute atomic E-state index is 13.0. The van der Waals surface area contributed by atoms with Gasteiger partial charge >= 0.3 is 6.03 Å². The van der Waals surface area contributed by atoms with Gasteiger partial charge < -0.3 is 10.1 Å². The largest absolute Gasteiger partial charge is 0.497 e. The summed E-state index contributed by atoms with van der Waals surface area (Å²) >= 11 is 0. The van der Waals surface area contributed by atoms with Crippen LogP contribution in [0.5, 0.6) is 5.75 Å². The van der Waals surface area contributed by atoms with Gasteiger partial charge in [-0.15, -0.1) is 0 Å². The molecule has 0 unspecified atom stereocenters. The van der Waals surface area contributed by atoms with E-state index in [0.717, 1.165) is 5.56 Å². The van der Waals surface area contributed by atoms with Crippen molar-refractivity contribution in [3.8, 4) is 5.75 Å². The SMILES string of the molecule is COc1ccc(N(CCCNS(=O)(=O)c2ccc(C)cc2)C(=O)Nc2ccc([N+](=O)[O-])cc2)cc1. The number of benzene rings is 3. The molecule has 0 aliphatic carbocycles. The molecule has 184 valence electrons. The van der Waals surface area contributed by atoms with E-state index < -0.39 is 21.0 Å². The zero-order valence-electron chi connectivity index (χ0n) is 19.3. The van der Waals surface area contributed by atoms with Crippen LogP contribution in [-0.2, 0) is 10.0 Å². The van der Waals surface area contributed by atoms with E-state index >= 15 is 0 Å². The molecule has 0 spiro atoms. The molecule has 0 aromatic heterocycles. The second kappa shape index (κ2) is 11.4. The number of sulfonamides is 1. The third kappa shape index (κ3) is 7.01. The first-order valence-corrected chi connectivity index (χ1v) is 12.2. The zero-order valence-corrected chi connectivity index (χ0v) is 20.1. The molecule has 0 atom stereocenters. The fourth-order valence-corrected chi connectivity index (χ4v) is 4.29. The Morgan fingerprint density at radius 3 is 2.20 bits per heavy atom. The molecule has 10 nitrogen and oxygen atoms in total. The summed E-state index contributed by atoms with van der Waals surface area (Å²) < 4.78 is 32.8. The highest BCUT2D eigenvalue weighted by Gasteiger charge is 2.18. The molecule has 0 saturated heterocycles. The second-order valence-electron chi connectivity index (χ2n) is 7.65. The minimum atomic E-state index is -3.67. The topological polar surface area (TPSA) is 131 Å². The Labute approximate surface area is 203 Å². The van der Waals surface area contributed by atoms with Crippen LogP contribution in [0.4, 0.5) is 21.9 Å². The predicted octanol–water partition coefficient (Wildman–Crippen LogP) is 4.32. The Kier molecular flexibility index (Phi) is 8.39. The molecule has 0 bridgehead atoms. The zero-order chi connectivity index (χ0) is 25.4. The molecule has 11 heteroatoms. The lowest BCUT2D eigenvalue weighted by Crippen LogP contribution is -2.37. The molecule has 3 aromatic carbocycles. The van der Waals surface area contributed by atoms with Crippen LogP contribution in [0.2, 0.25) is 0 Å². The normalized spacial score (nSPS) is 11.0. The number of nitrogens with zero attached hydrogens (tertiary/aromatic N) is 2. The number of ether oxygens (including phenoxy) is 1. The van der Waals surface area contributed by atoms with E-state index in [-0.39, 0.29) is 23.7 Å². The van der Waals surface area contributed by atoms with Crippen LogP contribution in [0.15, 0.2) is 77.7 Å². The average Bonchev–Trinajstić information content (AvgIpc) is 2.84. The number of methoxy groups -OCH3 is 1. The number of hydrogen-bond donors (Lipinski definition) is 2. The number of hydrogen-bond acceptors (Lipinski definition) is 6. The summed E-state index contributed by atoms with van der Waals surface area (Å²) in [6.45, 7) is 2.20. The fraction of sp³-hybridized carbons (Fsp3) is 0.208. The lowest BCUT2D eigenvalue weighted by atomic mass is 10.2. The third-order valence-electron chi connectivity index (χ3n) is 5.14. The van der Waals surface area contributed by atoms with Crippen LogP contribution >= 0.6 is 0 Å². The highest BCUT2D eigenvalue weighted by atomic mass is 32.2. The van der Waals surface area contributed by atoms with Gasteiger partial charge in [0.1, 0.15) is 5.75 Å². The minimum absolute atomic E-state index is 0.0872. The average molecular weight is 499 g/mol. The first-order valence-electron chi connectivity index (χ1n) is 10.7. The lowest BCUT2D eigenvalue weighted by Gasteiger charge is -2.23. The molecule has 3 rings (SSSR count). The number of anilines is 2. The first kappa shape index (κ1) is 25.7. The van der Waals surface area contributed by atoms with Gasteiger partial charge in [0, 0.05) is 36.6 Å². The van der Waals surface area contributed by atoms with Gasteiger partial charge in [-0.2, -0.15) is 0 Å². The van der Waals surface area contributed by atoms with Crippen LogP contribution < -0.4 is 19.7 Å². The molecule has 2 N–H and O–H groups in total. The van der Waals surface area contributed by atoms with Gasteiger partial charge in [0.25, 0.3) is 5.69 Å². The van der Waals surface area contributed by atoms with Crippen LogP contribution in [0.3, 0.4) is 0 Å². The van der Waals surface area contributed by atoms with Gasteiger partial charge in [-0.25, -0.2) is 17.9 Å². The number of urea groups is 1. The number of carbonyl (C=O) groups is 1. The van der Waals surface area contributed by atoms with E-state index in [4.69, 9.17) is 4.74 Å². The molecule has 35 heavy (non-hydrogen) atoms. The summed E-state index contributed by atoms with van der Waals surface area (Å²) in [7, 11) is -2.13. The number of aryl methyl sites for hydroxylation is 1. The maximum Gasteiger partial charge on any atom is 0.326 e. The van der Waals surface area contributed by atoms with Gasteiger partial charge in [0.05, 0.1) is 16.9 Å². The molecule has 0 heterocycles. The van der Waals surface area contributed by atoms with E-state index in [0.29, 0.717) is 23.5 Å². The molecule has 0 saturated carbocycles. The Hall–Kier alpha value is -3.96. The van der Waals surface area contributed by atoms with Crippen molar-refractivity contribution in [3.05, 3.63) is 88.5 Å². The fourth-order valence-electron chi connectivity index (χ4n) is 3.21. The molecule has 3 aromatic rings. The van der Waals surface area contributed by atoms with E-state index in [1.807, 2.05) is 6.92 Å². The van der Waals surface area contributed by atoms with Crippen molar-refractivity contribution in [2.24, 2.45) is 0 Å². The number of rotatable bonds is 10. The number of nitro benzene ring substituents is 1. The van der Waals surface area contributed by atoms with Crippen molar-refractivity contribution in [2.45, 2.75) is 18.2 Å². The number of amides is 2. The van der Waals surface area contributed by atoms with Crippen molar-refractivity contribution in [2.75, 3.05) is 30.4 Å². The highest BCUT2D eigenvalue weighted by molar-refractivity contribution is 7.89. The van der Waals surface area contributed by atoms with Crippen molar-refractivity contribution in [3.63, 3.8) is 0 Å². The maximum atomic E-state index is 13.0. The van der Waals surface area contributed by atoms with E-state index in [1.165, 1.54) is 36.3 Å². The Balaban J connectivity index is 1.68. The van der Waals surface area contributed by atoms with Crippen molar-refractivity contribution < 1.29 is 22.9 Å². The molecule has 0 aliphatic rings. The van der Waals surface area contributed by atoms with Gasteiger partial charge in [0.2, 0.25) is 10.0 Å². The van der Waals surface area contributed by atoms with Crippen LogP contribution in [0.1, 0.15) is 12.0 Å². The minimum Gasteiger partial charge on any atom is -0.497 e. The summed E-state index contributed by atoms with van der Waals surface area (Å²) in [5.41, 5.74) is 1.83. The third-order valence-corrected chi connectivity index (χ3v) is 6.62.